The second kappa shape index (κ2) is 6.38. The van der Waals surface area contributed by atoms with Gasteiger partial charge in [0.25, 0.3) is 10.1 Å². The van der Waals surface area contributed by atoms with Crippen molar-refractivity contribution in [2.75, 3.05) is 6.26 Å². The third-order valence-corrected chi connectivity index (χ3v) is 3.04. The Morgan fingerprint density at radius 2 is 1.50 bits per heavy atom. The van der Waals surface area contributed by atoms with Crippen LogP contribution in [-0.4, -0.2) is 14.7 Å². The van der Waals surface area contributed by atoms with Gasteiger partial charge < -0.3 is 0 Å². The Morgan fingerprint density at radius 3 is 2.05 bits per heavy atom. The van der Waals surface area contributed by atoms with E-state index in [-0.39, 0.29) is 0 Å². The summed E-state index contributed by atoms with van der Waals surface area (Å²) in [6.07, 6.45) is 0.221. The Morgan fingerprint density at radius 1 is 0.950 bits per heavy atom. The highest BCUT2D eigenvalue weighted by Crippen LogP contribution is 2.18. The molecule has 0 aliphatic heterocycles. The van der Waals surface area contributed by atoms with E-state index in [0.717, 1.165) is 11.8 Å². The quantitative estimate of drug-likeness (QED) is 0.643. The van der Waals surface area contributed by atoms with Crippen LogP contribution in [0.2, 0.25) is 0 Å². The van der Waals surface area contributed by atoms with Gasteiger partial charge >= 0.3 is 0 Å². The van der Waals surface area contributed by atoms with Crippen LogP contribution in [0.25, 0.3) is 0 Å². The molecule has 2 aromatic rings. The van der Waals surface area contributed by atoms with Crippen LogP contribution in [0.4, 0.5) is 0 Å². The van der Waals surface area contributed by atoms with E-state index >= 15 is 0 Å². The molecule has 4 heteroatoms. The van der Waals surface area contributed by atoms with Crippen molar-refractivity contribution >= 4 is 10.1 Å². The van der Waals surface area contributed by atoms with Gasteiger partial charge in [-0.25, -0.2) is 4.18 Å². The van der Waals surface area contributed by atoms with E-state index in [1.807, 2.05) is 48.5 Å². The van der Waals surface area contributed by atoms with Crippen LogP contribution < -0.4 is 0 Å². The van der Waals surface area contributed by atoms with Gasteiger partial charge in [-0.1, -0.05) is 60.4 Å². The standard InChI is InChI=1S/C16H14O3S/c1-20(17,18)19-16(15-10-6-3-7-11-15)13-12-14-8-4-2-5-9-14/h2-11,16H,1H3. The first kappa shape index (κ1) is 14.3. The fourth-order valence-electron chi connectivity index (χ4n) is 1.64. The van der Waals surface area contributed by atoms with Crippen LogP contribution >= 0.6 is 0 Å². The first-order valence-electron chi connectivity index (χ1n) is 6.04. The summed E-state index contributed by atoms with van der Waals surface area (Å²) in [5.41, 5.74) is 1.52. The maximum absolute atomic E-state index is 11.3. The largest absolute Gasteiger partial charge is 0.265 e. The molecule has 2 aromatic carbocycles. The fraction of sp³-hybridized carbons (Fsp3) is 0.125. The number of hydrogen-bond donors (Lipinski definition) is 0. The lowest BCUT2D eigenvalue weighted by Crippen LogP contribution is -2.09. The molecule has 0 spiro atoms. The lowest BCUT2D eigenvalue weighted by Gasteiger charge is -2.10. The van der Waals surface area contributed by atoms with E-state index in [4.69, 9.17) is 4.18 Å². The van der Waals surface area contributed by atoms with Gasteiger partial charge in [0.1, 0.15) is 0 Å². The third-order valence-electron chi connectivity index (χ3n) is 2.49. The molecule has 0 amide bonds. The molecular formula is C16H14O3S. The highest BCUT2D eigenvalue weighted by atomic mass is 32.2. The topological polar surface area (TPSA) is 43.4 Å². The third kappa shape index (κ3) is 4.54. The van der Waals surface area contributed by atoms with Gasteiger partial charge in [0, 0.05) is 5.56 Å². The second-order valence-corrected chi connectivity index (χ2v) is 5.83. The van der Waals surface area contributed by atoms with Crippen LogP contribution in [0.5, 0.6) is 0 Å². The molecule has 20 heavy (non-hydrogen) atoms. The van der Waals surface area contributed by atoms with Crippen molar-refractivity contribution in [2.24, 2.45) is 0 Å². The maximum atomic E-state index is 11.3. The zero-order valence-corrected chi connectivity index (χ0v) is 11.8. The van der Waals surface area contributed by atoms with Gasteiger partial charge in [-0.3, -0.25) is 0 Å². The number of rotatable bonds is 3. The molecule has 0 aliphatic rings. The number of hydrogen-bond acceptors (Lipinski definition) is 3. The summed E-state index contributed by atoms with van der Waals surface area (Å²) in [6, 6.07) is 18.4. The minimum absolute atomic E-state index is 0.710. The monoisotopic (exact) mass is 286 g/mol. The Balaban J connectivity index is 2.31. The van der Waals surface area contributed by atoms with E-state index in [1.54, 1.807) is 12.1 Å². The van der Waals surface area contributed by atoms with Crippen molar-refractivity contribution in [3.8, 4) is 11.8 Å². The number of benzene rings is 2. The SMILES string of the molecule is CS(=O)(=O)OC(C#Cc1ccccc1)c1ccccc1. The van der Waals surface area contributed by atoms with E-state index in [1.165, 1.54) is 0 Å². The van der Waals surface area contributed by atoms with Gasteiger partial charge in [0.15, 0.2) is 6.10 Å². The van der Waals surface area contributed by atoms with E-state index in [0.29, 0.717) is 5.56 Å². The summed E-state index contributed by atoms with van der Waals surface area (Å²) in [4.78, 5) is 0. The Labute approximate surface area is 119 Å². The molecule has 0 aromatic heterocycles. The van der Waals surface area contributed by atoms with Crippen molar-refractivity contribution in [2.45, 2.75) is 6.10 Å². The summed E-state index contributed by atoms with van der Waals surface area (Å²) in [6.45, 7) is 0. The molecule has 0 saturated carbocycles. The van der Waals surface area contributed by atoms with Crippen molar-refractivity contribution in [1.29, 1.82) is 0 Å². The predicted octanol–water partition coefficient (Wildman–Crippen LogP) is 2.76. The summed E-state index contributed by atoms with van der Waals surface area (Å²) in [7, 11) is -3.58. The molecule has 0 radical (unpaired) electrons. The molecule has 102 valence electrons. The molecule has 0 aliphatic carbocycles. The van der Waals surface area contributed by atoms with Gasteiger partial charge in [0.05, 0.1) is 6.26 Å². The second-order valence-electron chi connectivity index (χ2n) is 4.23. The molecule has 0 bridgehead atoms. The molecule has 1 atom stereocenters. The van der Waals surface area contributed by atoms with Crippen molar-refractivity contribution in [3.05, 3.63) is 71.8 Å². The van der Waals surface area contributed by atoms with Crippen LogP contribution in [0, 0.1) is 11.8 Å². The first-order valence-corrected chi connectivity index (χ1v) is 7.86. The van der Waals surface area contributed by atoms with Crippen LogP contribution in [0.1, 0.15) is 17.2 Å². The molecule has 0 saturated heterocycles. The molecule has 0 heterocycles. The molecule has 0 fully saturated rings. The summed E-state index contributed by atoms with van der Waals surface area (Å²) >= 11 is 0. The van der Waals surface area contributed by atoms with Crippen molar-refractivity contribution in [3.63, 3.8) is 0 Å². The predicted molar refractivity (Wildman–Crippen MR) is 78.4 cm³/mol. The summed E-state index contributed by atoms with van der Waals surface area (Å²) < 4.78 is 27.7. The molecule has 0 N–H and O–H groups in total. The zero-order chi connectivity index (χ0) is 14.4. The first-order chi connectivity index (χ1) is 9.54. The minimum Gasteiger partial charge on any atom is -0.249 e. The average molecular weight is 286 g/mol. The lowest BCUT2D eigenvalue weighted by molar-refractivity contribution is 0.273. The van der Waals surface area contributed by atoms with Crippen LogP contribution in [-0.2, 0) is 14.3 Å². The summed E-state index contributed by atoms with van der Waals surface area (Å²) in [5, 5.41) is 0. The Hall–Kier alpha value is -2.09. The average Bonchev–Trinajstić information content (AvgIpc) is 2.44. The Bertz CT molecular complexity index is 711. The highest BCUT2D eigenvalue weighted by Gasteiger charge is 2.14. The van der Waals surface area contributed by atoms with Gasteiger partial charge in [-0.2, -0.15) is 8.42 Å². The van der Waals surface area contributed by atoms with E-state index in [9.17, 15) is 8.42 Å². The van der Waals surface area contributed by atoms with E-state index in [2.05, 4.69) is 11.8 Å². The van der Waals surface area contributed by atoms with Crippen molar-refractivity contribution in [1.82, 2.24) is 0 Å². The molecule has 3 nitrogen and oxygen atoms in total. The van der Waals surface area contributed by atoms with Gasteiger partial charge in [0.2, 0.25) is 0 Å². The fourth-order valence-corrected chi connectivity index (χ4v) is 2.14. The highest BCUT2D eigenvalue weighted by molar-refractivity contribution is 7.86. The van der Waals surface area contributed by atoms with Gasteiger partial charge in [-0.15, -0.1) is 0 Å². The summed E-state index contributed by atoms with van der Waals surface area (Å²) in [5.74, 6) is 5.78. The van der Waals surface area contributed by atoms with E-state index < -0.39 is 16.2 Å². The molecule has 1 unspecified atom stereocenters. The maximum Gasteiger partial charge on any atom is 0.265 e. The van der Waals surface area contributed by atoms with Crippen LogP contribution in [0.3, 0.4) is 0 Å². The smallest absolute Gasteiger partial charge is 0.249 e. The molecular weight excluding hydrogens is 272 g/mol. The van der Waals surface area contributed by atoms with Crippen molar-refractivity contribution < 1.29 is 12.6 Å². The normalized spacial score (nSPS) is 12.2. The minimum atomic E-state index is -3.58. The molecule has 2 rings (SSSR count). The zero-order valence-electron chi connectivity index (χ0n) is 11.0. The Kier molecular flexibility index (Phi) is 4.57. The van der Waals surface area contributed by atoms with Gasteiger partial charge in [-0.05, 0) is 17.7 Å². The van der Waals surface area contributed by atoms with Crippen LogP contribution in [0.15, 0.2) is 60.7 Å². The lowest BCUT2D eigenvalue weighted by atomic mass is 10.1.